The van der Waals surface area contributed by atoms with Gasteiger partial charge in [0, 0.05) is 19.8 Å². The molecule has 0 radical (unpaired) electrons. The van der Waals surface area contributed by atoms with E-state index in [2.05, 4.69) is 5.32 Å². The molecule has 2 atom stereocenters. The van der Waals surface area contributed by atoms with Crippen LogP contribution < -0.4 is 10.1 Å². The molecule has 0 heterocycles. The Labute approximate surface area is 247 Å². The summed E-state index contributed by atoms with van der Waals surface area (Å²) in [7, 11) is 3.25. The number of hydrogen-bond acceptors (Lipinski definition) is 7. The first-order chi connectivity index (χ1) is 19.2. The fourth-order valence-electron chi connectivity index (χ4n) is 5.49. The number of rotatable bonds is 15. The highest BCUT2D eigenvalue weighted by Crippen LogP contribution is 2.44. The van der Waals surface area contributed by atoms with Gasteiger partial charge in [0.25, 0.3) is 0 Å². The molecule has 0 spiro atoms. The van der Waals surface area contributed by atoms with E-state index in [9.17, 15) is 14.4 Å². The van der Waals surface area contributed by atoms with Gasteiger partial charge in [0.2, 0.25) is 5.91 Å². The minimum atomic E-state index is -0.683. The van der Waals surface area contributed by atoms with E-state index in [4.69, 9.17) is 18.9 Å². The molecule has 232 valence electrons. The van der Waals surface area contributed by atoms with Gasteiger partial charge in [-0.3, -0.25) is 14.4 Å². The predicted octanol–water partition coefficient (Wildman–Crippen LogP) is 6.18. The molecule has 1 aliphatic rings. The van der Waals surface area contributed by atoms with Crippen LogP contribution in [0, 0.1) is 11.3 Å². The summed E-state index contributed by atoms with van der Waals surface area (Å²) in [6, 6.07) is 7.56. The number of amides is 1. The Balaban J connectivity index is 2.18. The monoisotopic (exact) mass is 575 g/mol. The third-order valence-electron chi connectivity index (χ3n) is 7.44. The van der Waals surface area contributed by atoms with Crippen molar-refractivity contribution < 1.29 is 33.3 Å². The Bertz CT molecular complexity index is 969. The van der Waals surface area contributed by atoms with Gasteiger partial charge in [-0.15, -0.1) is 0 Å². The van der Waals surface area contributed by atoms with Crippen LogP contribution in [0.15, 0.2) is 24.3 Å². The van der Waals surface area contributed by atoms with Crippen LogP contribution in [0.4, 0.5) is 0 Å². The predicted molar refractivity (Wildman–Crippen MR) is 160 cm³/mol. The number of aryl methyl sites for hydroxylation is 1. The van der Waals surface area contributed by atoms with Crippen molar-refractivity contribution in [3.05, 3.63) is 29.8 Å². The average Bonchev–Trinajstić information content (AvgIpc) is 3.34. The van der Waals surface area contributed by atoms with Crippen molar-refractivity contribution in [3.8, 4) is 5.75 Å². The van der Waals surface area contributed by atoms with Crippen LogP contribution in [0.3, 0.4) is 0 Å². The third-order valence-corrected chi connectivity index (χ3v) is 7.44. The average molecular weight is 576 g/mol. The van der Waals surface area contributed by atoms with Crippen LogP contribution in [0.25, 0.3) is 0 Å². The van der Waals surface area contributed by atoms with Gasteiger partial charge in [0.1, 0.15) is 17.0 Å². The van der Waals surface area contributed by atoms with E-state index >= 15 is 0 Å². The Morgan fingerprint density at radius 3 is 2.05 bits per heavy atom. The summed E-state index contributed by atoms with van der Waals surface area (Å²) in [5.74, 6) is -0.352. The van der Waals surface area contributed by atoms with Crippen LogP contribution in [-0.4, -0.2) is 55.9 Å². The van der Waals surface area contributed by atoms with Crippen molar-refractivity contribution in [1.29, 1.82) is 0 Å². The number of nitrogens with one attached hydrogen (secondary N) is 1. The Kier molecular flexibility index (Phi) is 13.1. The van der Waals surface area contributed by atoms with E-state index in [1.807, 2.05) is 65.8 Å². The van der Waals surface area contributed by atoms with E-state index in [1.165, 1.54) is 5.56 Å². The van der Waals surface area contributed by atoms with Crippen LogP contribution in [0.1, 0.15) is 105 Å². The fourth-order valence-corrected chi connectivity index (χ4v) is 5.49. The first-order valence-electron chi connectivity index (χ1n) is 15.0. The largest absolute Gasteiger partial charge is 0.497 e. The normalized spacial score (nSPS) is 16.5. The van der Waals surface area contributed by atoms with Gasteiger partial charge in [-0.1, -0.05) is 25.0 Å². The number of esters is 2. The molecule has 2 rings (SSSR count). The van der Waals surface area contributed by atoms with Gasteiger partial charge < -0.3 is 24.3 Å². The second kappa shape index (κ2) is 15.6. The smallest absolute Gasteiger partial charge is 0.309 e. The zero-order chi connectivity index (χ0) is 30.7. The summed E-state index contributed by atoms with van der Waals surface area (Å²) in [5.41, 5.74) is -0.740. The number of ether oxygens (including phenoxy) is 4. The minimum Gasteiger partial charge on any atom is -0.497 e. The number of carbonyl (C=O) groups excluding carboxylic acids is 3. The van der Waals surface area contributed by atoms with Gasteiger partial charge in [0.05, 0.1) is 24.9 Å². The lowest BCUT2D eigenvalue weighted by Crippen LogP contribution is -2.47. The molecule has 8 nitrogen and oxygen atoms in total. The molecule has 8 heteroatoms. The van der Waals surface area contributed by atoms with E-state index in [-0.39, 0.29) is 30.3 Å². The highest BCUT2D eigenvalue weighted by atomic mass is 16.6. The van der Waals surface area contributed by atoms with Crippen molar-refractivity contribution in [2.45, 2.75) is 123 Å². The summed E-state index contributed by atoms with van der Waals surface area (Å²) >= 11 is 0. The maximum Gasteiger partial charge on any atom is 0.309 e. The first kappa shape index (κ1) is 34.6. The molecule has 2 unspecified atom stereocenters. The molecule has 0 aliphatic heterocycles. The van der Waals surface area contributed by atoms with Crippen LogP contribution in [-0.2, 0) is 35.0 Å². The lowest BCUT2D eigenvalue weighted by molar-refractivity contribution is -0.162. The third kappa shape index (κ3) is 12.4. The summed E-state index contributed by atoms with van der Waals surface area (Å²) in [5, 5.41) is 3.23. The van der Waals surface area contributed by atoms with E-state index in [0.29, 0.717) is 38.7 Å². The zero-order valence-electron chi connectivity index (χ0n) is 26.6. The highest BCUT2D eigenvalue weighted by Gasteiger charge is 2.45. The molecular formula is C33H53NO7. The van der Waals surface area contributed by atoms with Gasteiger partial charge in [-0.25, -0.2) is 0 Å². The number of benzene rings is 1. The molecule has 1 saturated carbocycles. The summed E-state index contributed by atoms with van der Waals surface area (Å²) in [6.45, 7) is 11.5. The molecule has 0 saturated heterocycles. The van der Waals surface area contributed by atoms with Crippen LogP contribution in [0.5, 0.6) is 5.75 Å². The molecule has 0 aromatic heterocycles. The lowest BCUT2D eigenvalue weighted by Gasteiger charge is -2.34. The number of methoxy groups -OCH3 is 2. The summed E-state index contributed by atoms with van der Waals surface area (Å²) in [4.78, 5) is 40.0. The summed E-state index contributed by atoms with van der Waals surface area (Å²) in [6.07, 6.45) is 6.49. The maximum absolute atomic E-state index is 14.0. The van der Waals surface area contributed by atoms with E-state index in [1.54, 1.807) is 14.2 Å². The van der Waals surface area contributed by atoms with Crippen LogP contribution >= 0.6 is 0 Å². The molecule has 0 bridgehead atoms. The molecule has 41 heavy (non-hydrogen) atoms. The Hall–Kier alpha value is -2.61. The Morgan fingerprint density at radius 1 is 0.902 bits per heavy atom. The quantitative estimate of drug-likeness (QED) is 0.249. The van der Waals surface area contributed by atoms with Crippen molar-refractivity contribution in [2.24, 2.45) is 11.3 Å². The second-order valence-electron chi connectivity index (χ2n) is 13.4. The topological polar surface area (TPSA) is 100 Å². The molecule has 1 fully saturated rings. The van der Waals surface area contributed by atoms with Gasteiger partial charge in [-0.05, 0) is 104 Å². The second-order valence-corrected chi connectivity index (χ2v) is 13.4. The van der Waals surface area contributed by atoms with Crippen LogP contribution in [0.2, 0.25) is 0 Å². The molecule has 1 N–H and O–H groups in total. The SMILES string of the molecule is COCCC(CC1(C(=O)NC(CCCc2ccc(OC)cc2)CC(=O)OC(C)(C)C)CCCC1)C(=O)OC(C)(C)C. The lowest BCUT2D eigenvalue weighted by atomic mass is 9.75. The highest BCUT2D eigenvalue weighted by molar-refractivity contribution is 5.85. The molecule has 1 aliphatic carbocycles. The first-order valence-corrected chi connectivity index (χ1v) is 15.0. The van der Waals surface area contributed by atoms with E-state index < -0.39 is 22.5 Å². The summed E-state index contributed by atoms with van der Waals surface area (Å²) < 4.78 is 21.9. The zero-order valence-corrected chi connectivity index (χ0v) is 26.6. The molecule has 1 aromatic carbocycles. The van der Waals surface area contributed by atoms with Gasteiger partial charge >= 0.3 is 11.9 Å². The minimum absolute atomic E-state index is 0.0843. The molecule has 1 amide bonds. The van der Waals surface area contributed by atoms with Crippen molar-refractivity contribution in [2.75, 3.05) is 20.8 Å². The van der Waals surface area contributed by atoms with Crippen molar-refractivity contribution in [1.82, 2.24) is 5.32 Å². The standard InChI is InChI=1S/C33H53NO7/c1-31(2,3)40-28(35)22-26(13-11-12-24-14-16-27(39-8)17-15-24)34-30(37)33(19-9-10-20-33)23-25(18-21-38-7)29(36)41-32(4,5)6/h14-17,25-26H,9-13,18-23H2,1-8H3,(H,34,37). The number of carbonyl (C=O) groups is 3. The van der Waals surface area contributed by atoms with E-state index in [0.717, 1.165) is 31.4 Å². The van der Waals surface area contributed by atoms with Gasteiger partial charge in [-0.2, -0.15) is 0 Å². The van der Waals surface area contributed by atoms with Crippen molar-refractivity contribution >= 4 is 17.8 Å². The van der Waals surface area contributed by atoms with Gasteiger partial charge in [0.15, 0.2) is 0 Å². The molecular weight excluding hydrogens is 522 g/mol. The maximum atomic E-state index is 14.0. The fraction of sp³-hybridized carbons (Fsp3) is 0.727. The van der Waals surface area contributed by atoms with Crippen molar-refractivity contribution in [3.63, 3.8) is 0 Å². The molecule has 1 aromatic rings. The number of hydrogen-bond donors (Lipinski definition) is 1. The Morgan fingerprint density at radius 2 is 1.51 bits per heavy atom.